The van der Waals surface area contributed by atoms with E-state index in [0.717, 1.165) is 5.69 Å². The molecule has 3 heterocycles. The quantitative estimate of drug-likeness (QED) is 0.428. The van der Waals surface area contributed by atoms with Crippen molar-refractivity contribution in [2.24, 2.45) is 4.99 Å². The van der Waals surface area contributed by atoms with E-state index in [-0.39, 0.29) is 23.5 Å². The van der Waals surface area contributed by atoms with Gasteiger partial charge in [-0.1, -0.05) is 23.4 Å². The van der Waals surface area contributed by atoms with Gasteiger partial charge in [0.25, 0.3) is 11.8 Å². The molecule has 0 unspecified atom stereocenters. The standard InChI is InChI=1S/C20H18N8O2/c1-4-29-15-11-10-13(12-22-15)18-23-17(27-30-18)16-24-19(21-2)26-20(25-16)28(3)14-8-6-5-7-9-14/h5-12H,2,4H2,1,3H3. The smallest absolute Gasteiger partial charge is 0.259 e. The molecule has 0 N–H and O–H groups in total. The summed E-state index contributed by atoms with van der Waals surface area (Å²) in [4.78, 5) is 27.3. The Kier molecular flexibility index (Phi) is 5.37. The van der Waals surface area contributed by atoms with Crippen LogP contribution in [0.15, 0.2) is 58.2 Å². The lowest BCUT2D eigenvalue weighted by Crippen LogP contribution is -2.14. The van der Waals surface area contributed by atoms with E-state index in [2.05, 4.69) is 41.8 Å². The van der Waals surface area contributed by atoms with Crippen molar-refractivity contribution < 1.29 is 9.26 Å². The van der Waals surface area contributed by atoms with Crippen LogP contribution in [0.1, 0.15) is 6.92 Å². The van der Waals surface area contributed by atoms with E-state index < -0.39 is 0 Å². The first-order chi connectivity index (χ1) is 14.7. The Morgan fingerprint density at radius 1 is 1.03 bits per heavy atom. The number of pyridine rings is 1. The third-order valence-corrected chi connectivity index (χ3v) is 4.10. The van der Waals surface area contributed by atoms with Gasteiger partial charge in [0, 0.05) is 25.0 Å². The summed E-state index contributed by atoms with van der Waals surface area (Å²) in [5.41, 5.74) is 1.55. The minimum absolute atomic E-state index is 0.159. The SMILES string of the molecule is C=Nc1nc(-c2noc(-c3ccc(OCC)nc3)n2)nc(N(C)c2ccccc2)n1. The molecular weight excluding hydrogens is 384 g/mol. The van der Waals surface area contributed by atoms with Crippen LogP contribution >= 0.6 is 0 Å². The molecule has 150 valence electrons. The highest BCUT2D eigenvalue weighted by Crippen LogP contribution is 2.25. The van der Waals surface area contributed by atoms with Crippen molar-refractivity contribution in [1.29, 1.82) is 0 Å². The van der Waals surface area contributed by atoms with Crippen LogP contribution in [0.5, 0.6) is 5.88 Å². The molecule has 4 rings (SSSR count). The van der Waals surface area contributed by atoms with Crippen LogP contribution in [0, 0.1) is 0 Å². The van der Waals surface area contributed by atoms with Crippen LogP contribution in [-0.2, 0) is 0 Å². The fraction of sp³-hybridized carbons (Fsp3) is 0.150. The van der Waals surface area contributed by atoms with Gasteiger partial charge >= 0.3 is 0 Å². The Hall–Kier alpha value is -4.21. The fourth-order valence-electron chi connectivity index (χ4n) is 2.61. The molecule has 0 atom stereocenters. The van der Waals surface area contributed by atoms with Gasteiger partial charge < -0.3 is 14.2 Å². The molecule has 0 bridgehead atoms. The van der Waals surface area contributed by atoms with Gasteiger partial charge in [-0.15, -0.1) is 0 Å². The van der Waals surface area contributed by atoms with E-state index in [0.29, 0.717) is 24.0 Å². The highest BCUT2D eigenvalue weighted by Gasteiger charge is 2.18. The minimum atomic E-state index is 0.159. The topological polar surface area (TPSA) is 115 Å². The maximum absolute atomic E-state index is 5.36. The lowest BCUT2D eigenvalue weighted by molar-refractivity contribution is 0.327. The van der Waals surface area contributed by atoms with E-state index >= 15 is 0 Å². The number of hydrogen-bond acceptors (Lipinski definition) is 10. The Morgan fingerprint density at radius 3 is 2.57 bits per heavy atom. The van der Waals surface area contributed by atoms with E-state index in [1.165, 1.54) is 0 Å². The second kappa shape index (κ2) is 8.43. The van der Waals surface area contributed by atoms with E-state index in [9.17, 15) is 0 Å². The Balaban J connectivity index is 1.66. The molecule has 0 spiro atoms. The van der Waals surface area contributed by atoms with Crippen LogP contribution in [-0.4, -0.2) is 50.4 Å². The molecule has 0 saturated carbocycles. The van der Waals surface area contributed by atoms with Crippen LogP contribution < -0.4 is 9.64 Å². The molecule has 0 radical (unpaired) electrons. The van der Waals surface area contributed by atoms with Gasteiger partial charge in [0.15, 0.2) is 0 Å². The second-order valence-electron chi connectivity index (χ2n) is 6.05. The number of ether oxygens (including phenoxy) is 1. The monoisotopic (exact) mass is 402 g/mol. The lowest BCUT2D eigenvalue weighted by Gasteiger charge is -2.17. The van der Waals surface area contributed by atoms with Crippen molar-refractivity contribution >= 4 is 24.3 Å². The van der Waals surface area contributed by atoms with Gasteiger partial charge in [-0.2, -0.15) is 19.9 Å². The molecule has 0 saturated heterocycles. The molecule has 10 nitrogen and oxygen atoms in total. The maximum Gasteiger partial charge on any atom is 0.259 e. The summed E-state index contributed by atoms with van der Waals surface area (Å²) >= 11 is 0. The van der Waals surface area contributed by atoms with Crippen molar-refractivity contribution in [2.45, 2.75) is 6.92 Å². The van der Waals surface area contributed by atoms with Gasteiger partial charge in [-0.05, 0) is 31.8 Å². The summed E-state index contributed by atoms with van der Waals surface area (Å²) in [5.74, 6) is 1.77. The van der Waals surface area contributed by atoms with Gasteiger partial charge in [0.1, 0.15) is 0 Å². The van der Waals surface area contributed by atoms with Gasteiger partial charge in [0.2, 0.25) is 23.5 Å². The zero-order valence-electron chi connectivity index (χ0n) is 16.4. The number of aliphatic imine (C=N–C) groups is 1. The third-order valence-electron chi connectivity index (χ3n) is 4.10. The van der Waals surface area contributed by atoms with Crippen molar-refractivity contribution in [3.63, 3.8) is 0 Å². The molecular formula is C20H18N8O2. The number of aromatic nitrogens is 6. The largest absolute Gasteiger partial charge is 0.478 e. The van der Waals surface area contributed by atoms with Crippen LogP contribution in [0.3, 0.4) is 0 Å². The maximum atomic E-state index is 5.36. The van der Waals surface area contributed by atoms with Gasteiger partial charge in [0.05, 0.1) is 12.2 Å². The highest BCUT2D eigenvalue weighted by atomic mass is 16.5. The molecule has 1 aromatic carbocycles. The number of nitrogens with zero attached hydrogens (tertiary/aromatic N) is 8. The van der Waals surface area contributed by atoms with E-state index in [4.69, 9.17) is 9.26 Å². The van der Waals surface area contributed by atoms with Crippen molar-refractivity contribution in [3.8, 4) is 29.0 Å². The molecule has 3 aromatic heterocycles. The zero-order chi connectivity index (χ0) is 20.9. The first-order valence-corrected chi connectivity index (χ1v) is 9.13. The molecule has 30 heavy (non-hydrogen) atoms. The first-order valence-electron chi connectivity index (χ1n) is 9.13. The molecule has 0 aliphatic heterocycles. The summed E-state index contributed by atoms with van der Waals surface area (Å²) in [6.07, 6.45) is 1.60. The molecule has 0 aliphatic rings. The molecule has 0 aliphatic carbocycles. The summed E-state index contributed by atoms with van der Waals surface area (Å²) in [7, 11) is 1.84. The van der Waals surface area contributed by atoms with Crippen LogP contribution in [0.2, 0.25) is 0 Å². The van der Waals surface area contributed by atoms with Gasteiger partial charge in [-0.3, -0.25) is 0 Å². The normalized spacial score (nSPS) is 10.6. The predicted octanol–water partition coefficient (Wildman–Crippen LogP) is 3.48. The predicted molar refractivity (Wildman–Crippen MR) is 111 cm³/mol. The third kappa shape index (κ3) is 3.97. The lowest BCUT2D eigenvalue weighted by atomic mass is 10.3. The number of anilines is 2. The van der Waals surface area contributed by atoms with Crippen LogP contribution in [0.25, 0.3) is 23.1 Å². The number of hydrogen-bond donors (Lipinski definition) is 0. The van der Waals surface area contributed by atoms with Crippen molar-refractivity contribution in [3.05, 3.63) is 48.7 Å². The Morgan fingerprint density at radius 2 is 1.87 bits per heavy atom. The van der Waals surface area contributed by atoms with Crippen LogP contribution in [0.4, 0.5) is 17.6 Å². The highest BCUT2D eigenvalue weighted by molar-refractivity contribution is 5.60. The molecule has 0 amide bonds. The number of para-hydroxylation sites is 1. The van der Waals surface area contributed by atoms with Gasteiger partial charge in [-0.25, -0.2) is 9.98 Å². The van der Waals surface area contributed by atoms with Crippen molar-refractivity contribution in [1.82, 2.24) is 30.1 Å². The Labute approximate surface area is 172 Å². The van der Waals surface area contributed by atoms with E-state index in [1.807, 2.05) is 44.3 Å². The Bertz CT molecular complexity index is 1150. The molecule has 0 fully saturated rings. The molecule has 10 heteroatoms. The molecule has 4 aromatic rings. The van der Waals surface area contributed by atoms with E-state index in [1.54, 1.807) is 23.2 Å². The number of benzene rings is 1. The average Bonchev–Trinajstić information content (AvgIpc) is 3.30. The number of rotatable bonds is 7. The first kappa shape index (κ1) is 19.1. The average molecular weight is 402 g/mol. The zero-order valence-corrected chi connectivity index (χ0v) is 16.4. The summed E-state index contributed by atoms with van der Waals surface area (Å²) in [5, 5.41) is 3.99. The fourth-order valence-corrected chi connectivity index (χ4v) is 2.61. The minimum Gasteiger partial charge on any atom is -0.478 e. The van der Waals surface area contributed by atoms with Crippen molar-refractivity contribution in [2.75, 3.05) is 18.6 Å². The summed E-state index contributed by atoms with van der Waals surface area (Å²) in [6.45, 7) is 5.94. The summed E-state index contributed by atoms with van der Waals surface area (Å²) in [6, 6.07) is 13.2. The second-order valence-corrected chi connectivity index (χ2v) is 6.05. The summed E-state index contributed by atoms with van der Waals surface area (Å²) < 4.78 is 10.7.